The summed E-state index contributed by atoms with van der Waals surface area (Å²) in [7, 11) is 2.12. The summed E-state index contributed by atoms with van der Waals surface area (Å²) < 4.78 is 0. The van der Waals surface area contributed by atoms with Crippen molar-refractivity contribution in [3.8, 4) is 0 Å². The van der Waals surface area contributed by atoms with Crippen LogP contribution in [-0.4, -0.2) is 18.7 Å². The van der Waals surface area contributed by atoms with Crippen LogP contribution in [0.2, 0.25) is 0 Å². The average molecular weight is 259 g/mol. The summed E-state index contributed by atoms with van der Waals surface area (Å²) in [6.07, 6.45) is 1.41. The molecule has 0 aliphatic carbocycles. The topological polar surface area (TPSA) is 23.5 Å². The van der Waals surface area contributed by atoms with Crippen LogP contribution in [0.25, 0.3) is 0 Å². The van der Waals surface area contributed by atoms with Gasteiger partial charge in [0.1, 0.15) is 0 Å². The third-order valence-electron chi connectivity index (χ3n) is 3.59. The van der Waals surface area contributed by atoms with E-state index in [1.807, 2.05) is 6.07 Å². The standard InChI is InChI=1S/C15H17NOS/c1-16-7-6-11-9-12(4-5-14(11)16)15(17)10-13-3-2-8-18-13/h2-5,8-9,15,17H,6-7,10H2,1H3. The van der Waals surface area contributed by atoms with Crippen LogP contribution in [-0.2, 0) is 12.8 Å². The molecule has 1 unspecified atom stereocenters. The SMILES string of the molecule is CN1CCc2cc(C(O)Cc3cccs3)ccc21. The van der Waals surface area contributed by atoms with E-state index in [2.05, 4.69) is 41.6 Å². The van der Waals surface area contributed by atoms with Crippen molar-refractivity contribution in [2.45, 2.75) is 18.9 Å². The second kappa shape index (κ2) is 4.75. The van der Waals surface area contributed by atoms with Gasteiger partial charge < -0.3 is 10.0 Å². The Morgan fingerprint density at radius 3 is 3.06 bits per heavy atom. The van der Waals surface area contributed by atoms with Crippen LogP contribution in [0.1, 0.15) is 22.1 Å². The monoisotopic (exact) mass is 259 g/mol. The Morgan fingerprint density at radius 2 is 2.28 bits per heavy atom. The van der Waals surface area contributed by atoms with Gasteiger partial charge in [-0.15, -0.1) is 11.3 Å². The maximum atomic E-state index is 10.3. The summed E-state index contributed by atoms with van der Waals surface area (Å²) in [6.45, 7) is 1.08. The summed E-state index contributed by atoms with van der Waals surface area (Å²) in [4.78, 5) is 3.50. The van der Waals surface area contributed by atoms with Crippen LogP contribution >= 0.6 is 11.3 Å². The molecule has 0 saturated carbocycles. The number of thiophene rings is 1. The van der Waals surface area contributed by atoms with E-state index in [9.17, 15) is 5.11 Å². The maximum Gasteiger partial charge on any atom is 0.0838 e. The van der Waals surface area contributed by atoms with E-state index in [1.165, 1.54) is 16.1 Å². The van der Waals surface area contributed by atoms with Crippen molar-refractivity contribution in [2.24, 2.45) is 0 Å². The number of hydrogen-bond acceptors (Lipinski definition) is 3. The lowest BCUT2D eigenvalue weighted by molar-refractivity contribution is 0.179. The largest absolute Gasteiger partial charge is 0.388 e. The average Bonchev–Trinajstić information content (AvgIpc) is 2.99. The number of rotatable bonds is 3. The van der Waals surface area contributed by atoms with Gasteiger partial charge in [-0.05, 0) is 35.1 Å². The fraction of sp³-hybridized carbons (Fsp3) is 0.333. The van der Waals surface area contributed by atoms with E-state index < -0.39 is 0 Å². The quantitative estimate of drug-likeness (QED) is 0.916. The zero-order valence-corrected chi connectivity index (χ0v) is 11.3. The van der Waals surface area contributed by atoms with Crippen LogP contribution in [0.4, 0.5) is 5.69 Å². The predicted octanol–water partition coefficient (Wildman–Crippen LogP) is 3.02. The molecule has 2 aromatic rings. The van der Waals surface area contributed by atoms with Gasteiger partial charge in [0, 0.05) is 30.6 Å². The van der Waals surface area contributed by atoms with Gasteiger partial charge in [-0.1, -0.05) is 18.2 Å². The molecule has 0 amide bonds. The molecule has 0 saturated heterocycles. The van der Waals surface area contributed by atoms with E-state index in [0.29, 0.717) is 6.42 Å². The van der Waals surface area contributed by atoms with E-state index >= 15 is 0 Å². The van der Waals surface area contributed by atoms with Crippen molar-refractivity contribution in [2.75, 3.05) is 18.5 Å². The lowest BCUT2D eigenvalue weighted by Crippen LogP contribution is -2.12. The van der Waals surface area contributed by atoms with E-state index in [0.717, 1.165) is 18.5 Å². The normalized spacial score (nSPS) is 15.8. The van der Waals surface area contributed by atoms with Gasteiger partial charge in [-0.25, -0.2) is 0 Å². The zero-order chi connectivity index (χ0) is 12.5. The van der Waals surface area contributed by atoms with Crippen molar-refractivity contribution in [3.63, 3.8) is 0 Å². The number of benzene rings is 1. The van der Waals surface area contributed by atoms with E-state index in [-0.39, 0.29) is 6.10 Å². The number of hydrogen-bond donors (Lipinski definition) is 1. The Bertz CT molecular complexity index is 535. The first-order valence-corrected chi connectivity index (χ1v) is 7.16. The molecule has 1 N–H and O–H groups in total. The van der Waals surface area contributed by atoms with E-state index in [1.54, 1.807) is 11.3 Å². The molecule has 0 spiro atoms. The van der Waals surface area contributed by atoms with Gasteiger partial charge in [0.05, 0.1) is 6.10 Å². The summed E-state index contributed by atoms with van der Waals surface area (Å²) in [5, 5.41) is 12.3. The van der Waals surface area contributed by atoms with Gasteiger partial charge in [0.2, 0.25) is 0 Å². The molecule has 94 valence electrons. The molecule has 0 fully saturated rings. The molecule has 1 atom stereocenters. The van der Waals surface area contributed by atoms with Gasteiger partial charge >= 0.3 is 0 Å². The van der Waals surface area contributed by atoms with Crippen LogP contribution in [0.15, 0.2) is 35.7 Å². The molecule has 1 aliphatic heterocycles. The zero-order valence-electron chi connectivity index (χ0n) is 10.5. The first-order chi connectivity index (χ1) is 8.74. The molecule has 2 nitrogen and oxygen atoms in total. The lowest BCUT2D eigenvalue weighted by Gasteiger charge is -2.14. The number of anilines is 1. The second-order valence-electron chi connectivity index (χ2n) is 4.86. The minimum atomic E-state index is -0.389. The molecule has 0 bridgehead atoms. The minimum Gasteiger partial charge on any atom is -0.388 e. The Balaban J connectivity index is 1.80. The Labute approximate surface area is 112 Å². The molecule has 3 heteroatoms. The number of nitrogens with zero attached hydrogens (tertiary/aromatic N) is 1. The van der Waals surface area contributed by atoms with Gasteiger partial charge in [0.15, 0.2) is 0 Å². The lowest BCUT2D eigenvalue weighted by atomic mass is 10.0. The van der Waals surface area contributed by atoms with Gasteiger partial charge in [0.25, 0.3) is 0 Å². The van der Waals surface area contributed by atoms with Crippen molar-refractivity contribution < 1.29 is 5.11 Å². The number of aliphatic hydroxyl groups excluding tert-OH is 1. The molecular formula is C15H17NOS. The summed E-state index contributed by atoms with van der Waals surface area (Å²) >= 11 is 1.70. The molecular weight excluding hydrogens is 242 g/mol. The molecule has 3 rings (SSSR count). The second-order valence-corrected chi connectivity index (χ2v) is 5.89. The smallest absolute Gasteiger partial charge is 0.0838 e. The van der Waals surface area contributed by atoms with Crippen LogP contribution in [0, 0.1) is 0 Å². The molecule has 1 aromatic heterocycles. The van der Waals surface area contributed by atoms with Crippen molar-refractivity contribution in [3.05, 3.63) is 51.7 Å². The highest BCUT2D eigenvalue weighted by molar-refractivity contribution is 7.09. The highest BCUT2D eigenvalue weighted by Crippen LogP contribution is 2.30. The number of aliphatic hydroxyl groups is 1. The highest BCUT2D eigenvalue weighted by atomic mass is 32.1. The molecule has 2 heterocycles. The minimum absolute atomic E-state index is 0.389. The van der Waals surface area contributed by atoms with Crippen molar-refractivity contribution in [1.29, 1.82) is 0 Å². The molecule has 1 aromatic carbocycles. The summed E-state index contributed by atoms with van der Waals surface area (Å²) in [5.41, 5.74) is 3.71. The van der Waals surface area contributed by atoms with Crippen LogP contribution in [0.5, 0.6) is 0 Å². The number of likely N-dealkylation sites (N-methyl/N-ethyl adjacent to an activating group) is 1. The molecule has 1 aliphatic rings. The Kier molecular flexibility index (Phi) is 3.10. The molecule has 18 heavy (non-hydrogen) atoms. The Morgan fingerprint density at radius 1 is 1.39 bits per heavy atom. The molecule has 0 radical (unpaired) electrons. The van der Waals surface area contributed by atoms with Gasteiger partial charge in [-0.2, -0.15) is 0 Å². The first-order valence-electron chi connectivity index (χ1n) is 6.28. The summed E-state index contributed by atoms with van der Waals surface area (Å²) in [5.74, 6) is 0. The Hall–Kier alpha value is -1.32. The van der Waals surface area contributed by atoms with Crippen LogP contribution < -0.4 is 4.90 Å². The van der Waals surface area contributed by atoms with Crippen molar-refractivity contribution in [1.82, 2.24) is 0 Å². The van der Waals surface area contributed by atoms with Gasteiger partial charge in [-0.3, -0.25) is 0 Å². The van der Waals surface area contributed by atoms with E-state index in [4.69, 9.17) is 0 Å². The first kappa shape index (κ1) is 11.8. The highest BCUT2D eigenvalue weighted by Gasteiger charge is 2.18. The predicted molar refractivity (Wildman–Crippen MR) is 76.4 cm³/mol. The van der Waals surface area contributed by atoms with Crippen molar-refractivity contribution >= 4 is 17.0 Å². The third kappa shape index (κ3) is 2.16. The fourth-order valence-corrected chi connectivity index (χ4v) is 3.27. The third-order valence-corrected chi connectivity index (χ3v) is 4.49. The van der Waals surface area contributed by atoms with Crippen LogP contribution in [0.3, 0.4) is 0 Å². The fourth-order valence-electron chi connectivity index (χ4n) is 2.53. The summed E-state index contributed by atoms with van der Waals surface area (Å²) in [6, 6.07) is 10.5. The number of fused-ring (bicyclic) bond motifs is 1. The maximum absolute atomic E-state index is 10.3.